The number of benzene rings is 2. The molecule has 0 aliphatic carbocycles. The third kappa shape index (κ3) is 4.68. The Morgan fingerprint density at radius 3 is 2.41 bits per heavy atom. The van der Waals surface area contributed by atoms with Gasteiger partial charge in [0.15, 0.2) is 0 Å². The Kier molecular flexibility index (Phi) is 6.49. The Hall–Kier alpha value is -2.79. The number of nitrogens with zero attached hydrogens (tertiary/aromatic N) is 1. The molecule has 4 nitrogen and oxygen atoms in total. The van der Waals surface area contributed by atoms with Crippen molar-refractivity contribution < 1.29 is 14.3 Å². The van der Waals surface area contributed by atoms with Crippen molar-refractivity contribution in [3.63, 3.8) is 0 Å². The third-order valence-electron chi connectivity index (χ3n) is 4.19. The molecule has 2 aromatic carbocycles. The van der Waals surface area contributed by atoms with Crippen LogP contribution in [0.25, 0.3) is 0 Å². The van der Waals surface area contributed by atoms with E-state index in [9.17, 15) is 4.79 Å². The molecule has 0 atom stereocenters. The maximum absolute atomic E-state index is 13.4. The minimum Gasteiger partial charge on any atom is -0.496 e. The first kappa shape index (κ1) is 19.0. The fraction of sp³-hybridized carbons (Fsp3) is 0.227. The fourth-order valence-corrected chi connectivity index (χ4v) is 3.64. The molecule has 3 aromatic rings. The molecule has 1 amide bonds. The first-order valence-corrected chi connectivity index (χ1v) is 9.76. The zero-order valence-electron chi connectivity index (χ0n) is 15.6. The van der Waals surface area contributed by atoms with E-state index >= 15 is 0 Å². The second-order valence-corrected chi connectivity index (χ2v) is 7.01. The highest BCUT2D eigenvalue weighted by Gasteiger charge is 2.21. The SMILES string of the molecule is CCOc1ccccc1C(=O)N(Cc1cccs1)Cc1ccccc1OC. The molecule has 1 aromatic heterocycles. The van der Waals surface area contributed by atoms with E-state index in [1.165, 1.54) is 0 Å². The van der Waals surface area contributed by atoms with Crippen LogP contribution in [-0.2, 0) is 13.1 Å². The monoisotopic (exact) mass is 381 g/mol. The second-order valence-electron chi connectivity index (χ2n) is 5.98. The van der Waals surface area contributed by atoms with E-state index in [4.69, 9.17) is 9.47 Å². The lowest BCUT2D eigenvalue weighted by Gasteiger charge is -2.24. The quantitative estimate of drug-likeness (QED) is 0.551. The van der Waals surface area contributed by atoms with Crippen molar-refractivity contribution in [3.05, 3.63) is 82.0 Å². The lowest BCUT2D eigenvalue weighted by Crippen LogP contribution is -2.30. The van der Waals surface area contributed by atoms with Crippen LogP contribution in [-0.4, -0.2) is 24.5 Å². The van der Waals surface area contributed by atoms with Crippen LogP contribution in [0.5, 0.6) is 11.5 Å². The molecule has 0 saturated carbocycles. The number of hydrogen-bond donors (Lipinski definition) is 0. The summed E-state index contributed by atoms with van der Waals surface area (Å²) in [4.78, 5) is 16.3. The molecule has 0 radical (unpaired) electrons. The molecule has 0 fully saturated rings. The lowest BCUT2D eigenvalue weighted by atomic mass is 10.1. The standard InChI is InChI=1S/C22H23NO3S/c1-3-26-21-13-7-5-11-19(21)22(24)23(16-18-10-8-14-27-18)15-17-9-4-6-12-20(17)25-2/h4-14H,3,15-16H2,1-2H3. The topological polar surface area (TPSA) is 38.8 Å². The fourth-order valence-electron chi connectivity index (χ4n) is 2.92. The first-order valence-electron chi connectivity index (χ1n) is 8.88. The molecule has 0 unspecified atom stereocenters. The van der Waals surface area contributed by atoms with Crippen LogP contribution in [0.1, 0.15) is 27.7 Å². The average molecular weight is 381 g/mol. The van der Waals surface area contributed by atoms with Gasteiger partial charge in [-0.3, -0.25) is 4.79 Å². The van der Waals surface area contributed by atoms with Crippen molar-refractivity contribution in [3.8, 4) is 11.5 Å². The molecule has 27 heavy (non-hydrogen) atoms. The first-order chi connectivity index (χ1) is 13.2. The molecule has 1 heterocycles. The average Bonchev–Trinajstić information content (AvgIpc) is 3.21. The van der Waals surface area contributed by atoms with Crippen LogP contribution < -0.4 is 9.47 Å². The zero-order valence-corrected chi connectivity index (χ0v) is 16.4. The number of para-hydroxylation sites is 2. The molecular weight excluding hydrogens is 358 g/mol. The number of amides is 1. The Morgan fingerprint density at radius 2 is 1.70 bits per heavy atom. The Bertz CT molecular complexity index is 877. The summed E-state index contributed by atoms with van der Waals surface area (Å²) in [6.07, 6.45) is 0. The van der Waals surface area contributed by atoms with Gasteiger partial charge in [0.25, 0.3) is 5.91 Å². The van der Waals surface area contributed by atoms with Gasteiger partial charge in [-0.25, -0.2) is 0 Å². The smallest absolute Gasteiger partial charge is 0.258 e. The van der Waals surface area contributed by atoms with Crippen molar-refractivity contribution in [1.29, 1.82) is 0 Å². The van der Waals surface area contributed by atoms with Crippen LogP contribution in [0.4, 0.5) is 0 Å². The number of methoxy groups -OCH3 is 1. The van der Waals surface area contributed by atoms with Crippen LogP contribution >= 0.6 is 11.3 Å². The normalized spacial score (nSPS) is 10.4. The largest absolute Gasteiger partial charge is 0.496 e. The lowest BCUT2D eigenvalue weighted by molar-refractivity contribution is 0.0726. The molecule has 140 valence electrons. The summed E-state index contributed by atoms with van der Waals surface area (Å²) in [5, 5.41) is 2.02. The van der Waals surface area contributed by atoms with E-state index < -0.39 is 0 Å². The number of ether oxygens (including phenoxy) is 2. The Balaban J connectivity index is 1.93. The maximum atomic E-state index is 13.4. The maximum Gasteiger partial charge on any atom is 0.258 e. The van der Waals surface area contributed by atoms with Crippen LogP contribution in [0.3, 0.4) is 0 Å². The van der Waals surface area contributed by atoms with Gasteiger partial charge in [0.05, 0.1) is 32.4 Å². The molecule has 0 spiro atoms. The van der Waals surface area contributed by atoms with Gasteiger partial charge < -0.3 is 14.4 Å². The molecule has 0 aliphatic heterocycles. The van der Waals surface area contributed by atoms with Crippen molar-refractivity contribution >= 4 is 17.2 Å². The van der Waals surface area contributed by atoms with Gasteiger partial charge in [-0.2, -0.15) is 0 Å². The van der Waals surface area contributed by atoms with E-state index in [1.807, 2.05) is 77.9 Å². The number of carbonyl (C=O) groups excluding carboxylic acids is 1. The van der Waals surface area contributed by atoms with E-state index in [2.05, 4.69) is 0 Å². The second kappa shape index (κ2) is 9.24. The van der Waals surface area contributed by atoms with Crippen molar-refractivity contribution in [2.75, 3.05) is 13.7 Å². The summed E-state index contributed by atoms with van der Waals surface area (Å²) >= 11 is 1.64. The molecular formula is C22H23NO3S. The number of rotatable bonds is 8. The van der Waals surface area contributed by atoms with Crippen LogP contribution in [0.15, 0.2) is 66.0 Å². The predicted octanol–water partition coefficient (Wildman–Crippen LogP) is 5.00. The van der Waals surface area contributed by atoms with Gasteiger partial charge in [-0.05, 0) is 36.6 Å². The van der Waals surface area contributed by atoms with E-state index in [1.54, 1.807) is 18.4 Å². The van der Waals surface area contributed by atoms with Gasteiger partial charge in [0.2, 0.25) is 0 Å². The summed E-state index contributed by atoms with van der Waals surface area (Å²) in [6, 6.07) is 19.2. The summed E-state index contributed by atoms with van der Waals surface area (Å²) in [7, 11) is 1.65. The highest BCUT2D eigenvalue weighted by atomic mass is 32.1. The third-order valence-corrected chi connectivity index (χ3v) is 5.05. The van der Waals surface area contributed by atoms with Gasteiger partial charge in [-0.1, -0.05) is 36.4 Å². The number of carbonyl (C=O) groups is 1. The van der Waals surface area contributed by atoms with Crippen molar-refractivity contribution in [2.45, 2.75) is 20.0 Å². The predicted molar refractivity (Wildman–Crippen MR) is 109 cm³/mol. The molecule has 5 heteroatoms. The molecule has 0 aliphatic rings. The summed E-state index contributed by atoms with van der Waals surface area (Å²) in [5.41, 5.74) is 1.55. The van der Waals surface area contributed by atoms with E-state index in [0.29, 0.717) is 31.0 Å². The molecule has 0 saturated heterocycles. The van der Waals surface area contributed by atoms with Gasteiger partial charge in [0, 0.05) is 10.4 Å². The summed E-state index contributed by atoms with van der Waals surface area (Å²) in [5.74, 6) is 1.33. The zero-order chi connectivity index (χ0) is 19.1. The summed E-state index contributed by atoms with van der Waals surface area (Å²) < 4.78 is 11.1. The Labute approximate surface area is 164 Å². The Morgan fingerprint density at radius 1 is 0.963 bits per heavy atom. The molecule has 3 rings (SSSR count). The number of hydrogen-bond acceptors (Lipinski definition) is 4. The van der Waals surface area contributed by atoms with Crippen LogP contribution in [0.2, 0.25) is 0 Å². The highest BCUT2D eigenvalue weighted by molar-refractivity contribution is 7.09. The highest BCUT2D eigenvalue weighted by Crippen LogP contribution is 2.26. The molecule has 0 N–H and O–H groups in total. The van der Waals surface area contributed by atoms with Crippen molar-refractivity contribution in [2.24, 2.45) is 0 Å². The molecule has 0 bridgehead atoms. The van der Waals surface area contributed by atoms with Crippen LogP contribution in [0, 0.1) is 0 Å². The minimum atomic E-state index is -0.0571. The summed E-state index contributed by atoms with van der Waals surface area (Å²) in [6.45, 7) is 3.43. The minimum absolute atomic E-state index is 0.0571. The number of thiophene rings is 1. The van der Waals surface area contributed by atoms with Gasteiger partial charge >= 0.3 is 0 Å². The van der Waals surface area contributed by atoms with E-state index in [0.717, 1.165) is 16.2 Å². The van der Waals surface area contributed by atoms with E-state index in [-0.39, 0.29) is 5.91 Å². The van der Waals surface area contributed by atoms with Gasteiger partial charge in [-0.15, -0.1) is 11.3 Å². The van der Waals surface area contributed by atoms with Gasteiger partial charge in [0.1, 0.15) is 11.5 Å². The van der Waals surface area contributed by atoms with Crippen molar-refractivity contribution in [1.82, 2.24) is 4.90 Å².